The maximum atomic E-state index is 5.49. The molecule has 3 nitrogen and oxygen atoms in total. The number of rotatable bonds is 6. The van der Waals surface area contributed by atoms with Gasteiger partial charge in [-0.2, -0.15) is 0 Å². The number of hydrogen-bond donors (Lipinski definition) is 0. The third-order valence-electron chi connectivity index (χ3n) is 3.02. The fraction of sp³-hybridized carbons (Fsp3) is 0.500. The van der Waals surface area contributed by atoms with Crippen LogP contribution in [0.4, 0.5) is 0 Å². The summed E-state index contributed by atoms with van der Waals surface area (Å²) in [5.74, 6) is 0. The van der Waals surface area contributed by atoms with Gasteiger partial charge in [0.1, 0.15) is 0 Å². The molecule has 0 amide bonds. The second-order valence-electron chi connectivity index (χ2n) is 3.81. The summed E-state index contributed by atoms with van der Waals surface area (Å²) in [7, 11) is 2.32. The zero-order valence-corrected chi connectivity index (χ0v) is 13.3. The molecule has 0 fully saturated rings. The smallest absolute Gasteiger partial charge is 0.376 e. The van der Waals surface area contributed by atoms with Gasteiger partial charge in [-0.3, -0.25) is 0 Å². The Kier molecular flexibility index (Phi) is 5.82. The maximum Gasteiger partial charge on any atom is 0.507 e. The van der Waals surface area contributed by atoms with Crippen molar-refractivity contribution in [2.24, 2.45) is 0 Å². The Bertz CT molecular complexity index is 330. The molecule has 0 bridgehead atoms. The predicted octanol–water partition coefficient (Wildman–Crippen LogP) is 3.10. The molecule has 17 heavy (non-hydrogen) atoms. The fourth-order valence-corrected chi connectivity index (χ4v) is 4.42. The molecule has 0 aliphatic heterocycles. The molecule has 96 valence electrons. The van der Waals surface area contributed by atoms with Gasteiger partial charge in [-0.05, 0) is 11.1 Å². The Morgan fingerprint density at radius 1 is 1.06 bits per heavy atom. The summed E-state index contributed by atoms with van der Waals surface area (Å²) in [5, 5.41) is 0.864. The van der Waals surface area contributed by atoms with Gasteiger partial charge in [-0.25, -0.2) is 0 Å². The highest BCUT2D eigenvalue weighted by atomic mass is 79.9. The number of hydrogen-bond acceptors (Lipinski definition) is 3. The molecule has 0 spiro atoms. The van der Waals surface area contributed by atoms with E-state index in [4.69, 9.17) is 13.3 Å². The average molecular weight is 319 g/mol. The van der Waals surface area contributed by atoms with Gasteiger partial charge in [0, 0.05) is 26.7 Å². The predicted molar refractivity (Wildman–Crippen MR) is 74.3 cm³/mol. The van der Waals surface area contributed by atoms with Crippen molar-refractivity contribution < 1.29 is 13.3 Å². The standard InChI is InChI=1S/C12H19BrO3Si/c1-10(17(14-2,15-3)16-4)12-7-5-11(9-13)6-8-12/h5-8,10H,9H2,1-4H3. The highest BCUT2D eigenvalue weighted by Crippen LogP contribution is 2.28. The minimum atomic E-state index is -2.60. The van der Waals surface area contributed by atoms with Crippen LogP contribution in [-0.4, -0.2) is 30.1 Å². The maximum absolute atomic E-state index is 5.49. The van der Waals surface area contributed by atoms with Gasteiger partial charge in [-0.15, -0.1) is 0 Å². The summed E-state index contributed by atoms with van der Waals surface area (Å²) in [5.41, 5.74) is 2.54. The first-order valence-corrected chi connectivity index (χ1v) is 8.36. The van der Waals surface area contributed by atoms with Crippen molar-refractivity contribution in [3.05, 3.63) is 35.4 Å². The minimum absolute atomic E-state index is 0.117. The largest absolute Gasteiger partial charge is 0.507 e. The highest BCUT2D eigenvalue weighted by molar-refractivity contribution is 9.08. The first-order valence-electron chi connectivity index (χ1n) is 5.43. The fourth-order valence-electron chi connectivity index (χ4n) is 1.88. The molecular formula is C12H19BrO3Si. The van der Waals surface area contributed by atoms with Crippen molar-refractivity contribution >= 4 is 24.7 Å². The molecule has 1 atom stereocenters. The van der Waals surface area contributed by atoms with Crippen molar-refractivity contribution in [2.75, 3.05) is 21.3 Å². The molecule has 5 heteroatoms. The Labute approximate surface area is 113 Å². The second-order valence-corrected chi connectivity index (χ2v) is 7.67. The number of benzene rings is 1. The summed E-state index contributed by atoms with van der Waals surface area (Å²) in [6.45, 7) is 2.08. The van der Waals surface area contributed by atoms with E-state index >= 15 is 0 Å². The molecule has 0 aliphatic carbocycles. The SMILES string of the molecule is CO[Si](OC)(OC)C(C)c1ccc(CBr)cc1. The molecule has 1 aromatic rings. The third-order valence-corrected chi connectivity index (χ3v) is 6.77. The zero-order chi connectivity index (χ0) is 12.9. The quantitative estimate of drug-likeness (QED) is 0.596. The summed E-state index contributed by atoms with van der Waals surface area (Å²) < 4.78 is 16.5. The number of alkyl halides is 1. The Hall–Kier alpha value is -0.203. The van der Waals surface area contributed by atoms with Gasteiger partial charge in [0.2, 0.25) is 0 Å². The van der Waals surface area contributed by atoms with Crippen LogP contribution in [0.3, 0.4) is 0 Å². The van der Waals surface area contributed by atoms with E-state index in [-0.39, 0.29) is 5.54 Å². The van der Waals surface area contributed by atoms with Crippen LogP contribution >= 0.6 is 15.9 Å². The highest BCUT2D eigenvalue weighted by Gasteiger charge is 2.45. The van der Waals surface area contributed by atoms with E-state index < -0.39 is 8.80 Å². The lowest BCUT2D eigenvalue weighted by Gasteiger charge is -2.30. The first-order chi connectivity index (χ1) is 8.13. The van der Waals surface area contributed by atoms with Gasteiger partial charge in [0.25, 0.3) is 0 Å². The van der Waals surface area contributed by atoms with Crippen LogP contribution in [0, 0.1) is 0 Å². The Morgan fingerprint density at radius 3 is 1.88 bits per heavy atom. The van der Waals surface area contributed by atoms with Gasteiger partial charge in [0.05, 0.1) is 5.54 Å². The van der Waals surface area contributed by atoms with Crippen molar-refractivity contribution in [1.29, 1.82) is 0 Å². The van der Waals surface area contributed by atoms with Crippen molar-refractivity contribution in [3.8, 4) is 0 Å². The molecule has 1 unspecified atom stereocenters. The molecule has 0 saturated carbocycles. The summed E-state index contributed by atoms with van der Waals surface area (Å²) in [4.78, 5) is 0. The zero-order valence-electron chi connectivity index (χ0n) is 10.7. The molecular weight excluding hydrogens is 300 g/mol. The lowest BCUT2D eigenvalue weighted by molar-refractivity contribution is 0.114. The Balaban J connectivity index is 2.96. The molecule has 0 radical (unpaired) electrons. The van der Waals surface area contributed by atoms with E-state index in [2.05, 4.69) is 47.1 Å². The first kappa shape index (κ1) is 14.9. The van der Waals surface area contributed by atoms with E-state index in [1.165, 1.54) is 11.1 Å². The Morgan fingerprint density at radius 2 is 1.53 bits per heavy atom. The molecule has 0 aliphatic rings. The summed E-state index contributed by atoms with van der Waals surface area (Å²) in [6, 6.07) is 8.39. The van der Waals surface area contributed by atoms with Crippen LogP contribution < -0.4 is 0 Å². The molecule has 0 aromatic heterocycles. The molecule has 1 aromatic carbocycles. The molecule has 1 rings (SSSR count). The van der Waals surface area contributed by atoms with Crippen LogP contribution in [-0.2, 0) is 18.6 Å². The molecule has 0 N–H and O–H groups in total. The number of halogens is 1. The summed E-state index contributed by atoms with van der Waals surface area (Å²) >= 11 is 3.43. The second kappa shape index (κ2) is 6.66. The monoisotopic (exact) mass is 318 g/mol. The van der Waals surface area contributed by atoms with Crippen LogP contribution in [0.2, 0.25) is 0 Å². The van der Waals surface area contributed by atoms with E-state index in [0.717, 1.165) is 5.33 Å². The van der Waals surface area contributed by atoms with E-state index in [9.17, 15) is 0 Å². The van der Waals surface area contributed by atoms with Gasteiger partial charge in [-0.1, -0.05) is 47.1 Å². The lowest BCUT2D eigenvalue weighted by Crippen LogP contribution is -2.48. The van der Waals surface area contributed by atoms with Gasteiger partial charge in [0.15, 0.2) is 0 Å². The normalized spacial score (nSPS) is 13.7. The van der Waals surface area contributed by atoms with Gasteiger partial charge >= 0.3 is 8.80 Å². The van der Waals surface area contributed by atoms with Crippen LogP contribution in [0.5, 0.6) is 0 Å². The van der Waals surface area contributed by atoms with Crippen molar-refractivity contribution in [2.45, 2.75) is 17.8 Å². The lowest BCUT2D eigenvalue weighted by atomic mass is 10.1. The van der Waals surface area contributed by atoms with Crippen LogP contribution in [0.1, 0.15) is 23.6 Å². The van der Waals surface area contributed by atoms with Crippen LogP contribution in [0.25, 0.3) is 0 Å². The van der Waals surface area contributed by atoms with E-state index in [0.29, 0.717) is 0 Å². The van der Waals surface area contributed by atoms with Crippen LogP contribution in [0.15, 0.2) is 24.3 Å². The van der Waals surface area contributed by atoms with Crippen molar-refractivity contribution in [1.82, 2.24) is 0 Å². The van der Waals surface area contributed by atoms with Crippen molar-refractivity contribution in [3.63, 3.8) is 0 Å². The molecule has 0 heterocycles. The minimum Gasteiger partial charge on any atom is -0.376 e. The van der Waals surface area contributed by atoms with E-state index in [1.807, 2.05) is 0 Å². The van der Waals surface area contributed by atoms with E-state index in [1.54, 1.807) is 21.3 Å². The topological polar surface area (TPSA) is 27.7 Å². The summed E-state index contributed by atoms with van der Waals surface area (Å²) in [6.07, 6.45) is 0. The average Bonchev–Trinajstić information content (AvgIpc) is 2.41. The van der Waals surface area contributed by atoms with Gasteiger partial charge < -0.3 is 13.3 Å². The third kappa shape index (κ3) is 3.17. The molecule has 0 saturated heterocycles.